The second-order valence-electron chi connectivity index (χ2n) is 7.28. The summed E-state index contributed by atoms with van der Waals surface area (Å²) in [6, 6.07) is 15.9. The molecule has 150 valence electrons. The molecule has 0 aromatic heterocycles. The molecule has 5 nitrogen and oxygen atoms in total. The van der Waals surface area contributed by atoms with Crippen LogP contribution in [0.2, 0.25) is 0 Å². The monoisotopic (exact) mass is 398 g/mol. The Morgan fingerprint density at radius 2 is 1.21 bits per heavy atom. The molecule has 0 heterocycles. The summed E-state index contributed by atoms with van der Waals surface area (Å²) in [4.78, 5) is 1.51. The first-order valence-electron chi connectivity index (χ1n) is 9.45. The van der Waals surface area contributed by atoms with Gasteiger partial charge in [-0.25, -0.2) is 4.21 Å². The van der Waals surface area contributed by atoms with E-state index in [0.717, 1.165) is 32.3 Å². The summed E-state index contributed by atoms with van der Waals surface area (Å²) in [7, 11) is -1.24. The Morgan fingerprint density at radius 3 is 1.57 bits per heavy atom. The summed E-state index contributed by atoms with van der Waals surface area (Å²) in [6.45, 7) is 12.4. The Hall–Kier alpha value is -2.47. The summed E-state index contributed by atoms with van der Waals surface area (Å²) in [5.74, 6) is 5.31. The second-order valence-corrected chi connectivity index (χ2v) is 8.77. The molecule has 0 amide bonds. The van der Waals surface area contributed by atoms with Gasteiger partial charge in [0.2, 0.25) is 0 Å². The van der Waals surface area contributed by atoms with Crippen LogP contribution >= 0.6 is 0 Å². The molecule has 1 unspecified atom stereocenters. The Balaban J connectivity index is 2.20. The van der Waals surface area contributed by atoms with Gasteiger partial charge in [-0.2, -0.15) is 10.2 Å². The normalized spacial score (nSPS) is 13.9. The molecule has 28 heavy (non-hydrogen) atoms. The van der Waals surface area contributed by atoms with Gasteiger partial charge in [0, 0.05) is 21.9 Å². The molecular weight excluding hydrogens is 368 g/mol. The van der Waals surface area contributed by atoms with E-state index >= 15 is 0 Å². The van der Waals surface area contributed by atoms with Crippen LogP contribution in [0.5, 0.6) is 0 Å². The van der Waals surface area contributed by atoms with Crippen LogP contribution < -0.4 is 5.84 Å². The van der Waals surface area contributed by atoms with E-state index in [2.05, 4.69) is 37.8 Å². The molecule has 0 aliphatic carbocycles. The van der Waals surface area contributed by atoms with Crippen molar-refractivity contribution >= 4 is 22.2 Å². The lowest BCUT2D eigenvalue weighted by atomic mass is 10.1. The molecule has 2 aromatic carbocycles. The highest BCUT2D eigenvalue weighted by Crippen LogP contribution is 2.19. The van der Waals surface area contributed by atoms with Crippen LogP contribution in [0, 0.1) is 0 Å². The maximum Gasteiger partial charge on any atom is 0.0849 e. The van der Waals surface area contributed by atoms with E-state index in [-0.39, 0.29) is 0 Å². The number of nitrogens with zero attached hydrogens (tertiary/aromatic N) is 3. The maximum atomic E-state index is 12.9. The molecule has 2 N–H and O–H groups in total. The first-order valence-corrected chi connectivity index (χ1v) is 10.6. The maximum absolute atomic E-state index is 12.9. The zero-order valence-corrected chi connectivity index (χ0v) is 18.3. The van der Waals surface area contributed by atoms with Gasteiger partial charge < -0.3 is 5.84 Å². The van der Waals surface area contributed by atoms with Gasteiger partial charge >= 0.3 is 0 Å². The number of hydrazone groups is 2. The summed E-state index contributed by atoms with van der Waals surface area (Å²) in [5.41, 5.74) is 3.64. The zero-order valence-electron chi connectivity index (χ0n) is 17.5. The molecular formula is C22H30N4OS. The third-order valence-corrected chi connectivity index (χ3v) is 5.89. The Bertz CT molecular complexity index is 860. The largest absolute Gasteiger partial charge is 0.323 e. The molecule has 0 saturated carbocycles. The third kappa shape index (κ3) is 5.29. The lowest BCUT2D eigenvalue weighted by molar-refractivity contribution is 0.183. The molecule has 6 heteroatoms. The van der Waals surface area contributed by atoms with E-state index < -0.39 is 10.8 Å². The topological polar surface area (TPSA) is 71.0 Å². The smallest absolute Gasteiger partial charge is 0.0849 e. The SMILES string of the molecule is C/C(=N/N)c1ccc(S(=O)c2ccc(/C(C)=N\N(C(C)C)C(C)C)cc2)cc1. The van der Waals surface area contributed by atoms with Gasteiger partial charge in [0.25, 0.3) is 0 Å². The Kier molecular flexibility index (Phi) is 7.52. The summed E-state index contributed by atoms with van der Waals surface area (Å²) < 4.78 is 12.9. The molecule has 0 radical (unpaired) electrons. The standard InChI is InChI=1S/C22H30N4OS/c1-15(2)26(16(3)4)25-18(6)20-9-13-22(14-10-20)28(27)21-11-7-19(8-12-21)17(5)24-23/h7-16H,23H2,1-6H3/b24-17-,25-18-. The molecule has 0 saturated heterocycles. The first-order chi connectivity index (χ1) is 13.2. The van der Waals surface area contributed by atoms with Crippen LogP contribution in [-0.2, 0) is 10.8 Å². The predicted octanol–water partition coefficient (Wildman–Crippen LogP) is 4.38. The van der Waals surface area contributed by atoms with Crippen molar-refractivity contribution in [3.05, 3.63) is 59.7 Å². The number of hydrogen-bond donors (Lipinski definition) is 1. The summed E-state index contributed by atoms with van der Waals surface area (Å²) >= 11 is 0. The lowest BCUT2D eigenvalue weighted by Crippen LogP contribution is -2.33. The minimum atomic E-state index is -1.24. The van der Waals surface area contributed by atoms with Crippen molar-refractivity contribution in [1.29, 1.82) is 0 Å². The van der Waals surface area contributed by atoms with Gasteiger partial charge in [-0.15, -0.1) is 0 Å². The van der Waals surface area contributed by atoms with Crippen molar-refractivity contribution in [2.75, 3.05) is 0 Å². The minimum absolute atomic E-state index is 0.331. The van der Waals surface area contributed by atoms with E-state index in [9.17, 15) is 4.21 Å². The van der Waals surface area contributed by atoms with Gasteiger partial charge in [0.05, 0.1) is 22.2 Å². The van der Waals surface area contributed by atoms with Crippen LogP contribution in [0.4, 0.5) is 0 Å². The molecule has 1 atom stereocenters. The van der Waals surface area contributed by atoms with Crippen LogP contribution in [0.25, 0.3) is 0 Å². The highest BCUT2D eigenvalue weighted by atomic mass is 32.2. The first kappa shape index (κ1) is 21.8. The molecule has 0 aliphatic rings. The highest BCUT2D eigenvalue weighted by molar-refractivity contribution is 7.85. The summed E-state index contributed by atoms with van der Waals surface area (Å²) in [6.07, 6.45) is 0. The van der Waals surface area contributed by atoms with Gasteiger partial charge in [0.1, 0.15) is 0 Å². The number of nitrogens with two attached hydrogens (primary N) is 1. The van der Waals surface area contributed by atoms with Crippen molar-refractivity contribution in [1.82, 2.24) is 5.01 Å². The zero-order chi connectivity index (χ0) is 20.8. The lowest BCUT2D eigenvalue weighted by Gasteiger charge is -2.28. The molecule has 0 spiro atoms. The van der Waals surface area contributed by atoms with E-state index in [1.54, 1.807) is 0 Å². The molecule has 2 rings (SSSR count). The average molecular weight is 399 g/mol. The van der Waals surface area contributed by atoms with Crippen LogP contribution in [-0.4, -0.2) is 32.7 Å². The van der Waals surface area contributed by atoms with E-state index in [4.69, 9.17) is 10.9 Å². The predicted molar refractivity (Wildman–Crippen MR) is 118 cm³/mol. The van der Waals surface area contributed by atoms with E-state index in [1.807, 2.05) is 62.4 Å². The fraction of sp³-hybridized carbons (Fsp3) is 0.364. The van der Waals surface area contributed by atoms with Crippen LogP contribution in [0.1, 0.15) is 52.7 Å². The van der Waals surface area contributed by atoms with Crippen LogP contribution in [0.3, 0.4) is 0 Å². The molecule has 0 bridgehead atoms. The second kappa shape index (κ2) is 9.64. The van der Waals surface area contributed by atoms with Gasteiger partial charge in [0.15, 0.2) is 0 Å². The quantitative estimate of drug-likeness (QED) is 0.427. The highest BCUT2D eigenvalue weighted by Gasteiger charge is 2.12. The number of rotatable bonds is 7. The Labute approximate surface area is 170 Å². The third-order valence-electron chi connectivity index (χ3n) is 4.49. The van der Waals surface area contributed by atoms with E-state index in [1.165, 1.54) is 0 Å². The average Bonchev–Trinajstić information content (AvgIpc) is 2.70. The summed E-state index contributed by atoms with van der Waals surface area (Å²) in [5, 5.41) is 10.5. The number of hydrogen-bond acceptors (Lipinski definition) is 5. The van der Waals surface area contributed by atoms with Crippen molar-refractivity contribution < 1.29 is 4.21 Å². The van der Waals surface area contributed by atoms with Gasteiger partial charge in [-0.1, -0.05) is 24.3 Å². The van der Waals surface area contributed by atoms with Crippen molar-refractivity contribution in [3.8, 4) is 0 Å². The van der Waals surface area contributed by atoms with Crippen molar-refractivity contribution in [3.63, 3.8) is 0 Å². The fourth-order valence-electron chi connectivity index (χ4n) is 2.91. The van der Waals surface area contributed by atoms with Gasteiger partial charge in [-0.05, 0) is 76.9 Å². The molecule has 0 aliphatic heterocycles. The van der Waals surface area contributed by atoms with E-state index in [0.29, 0.717) is 12.1 Å². The van der Waals surface area contributed by atoms with Gasteiger partial charge in [-0.3, -0.25) is 5.01 Å². The molecule has 0 fully saturated rings. The van der Waals surface area contributed by atoms with Crippen molar-refractivity contribution in [2.24, 2.45) is 16.0 Å². The minimum Gasteiger partial charge on any atom is -0.323 e. The Morgan fingerprint density at radius 1 is 0.821 bits per heavy atom. The van der Waals surface area contributed by atoms with Crippen LogP contribution in [0.15, 0.2) is 68.5 Å². The van der Waals surface area contributed by atoms with Crippen molar-refractivity contribution in [2.45, 2.75) is 63.4 Å². The fourth-order valence-corrected chi connectivity index (χ4v) is 3.95. The number of benzene rings is 2. The molecule has 2 aromatic rings.